The molecule has 1 saturated carbocycles. The highest BCUT2D eigenvalue weighted by molar-refractivity contribution is 5.82. The molecule has 5 nitrogen and oxygen atoms in total. The normalized spacial score (nSPS) is 27.9. The van der Waals surface area contributed by atoms with Gasteiger partial charge in [0.1, 0.15) is 6.04 Å². The second kappa shape index (κ2) is 7.50. The van der Waals surface area contributed by atoms with Crippen LogP contribution in [-0.2, 0) is 4.79 Å². The van der Waals surface area contributed by atoms with Crippen LogP contribution in [0.25, 0.3) is 0 Å². The Hall–Kier alpha value is -1.26. The monoisotopic (exact) mass is 284 g/mol. The summed E-state index contributed by atoms with van der Waals surface area (Å²) in [5.74, 6) is 0.468. The van der Waals surface area contributed by atoms with E-state index in [0.29, 0.717) is 18.3 Å². The maximum absolute atomic E-state index is 11.9. The molecule has 0 radical (unpaired) electrons. The van der Waals surface area contributed by atoms with Crippen LogP contribution in [0.15, 0.2) is 0 Å². The largest absolute Gasteiger partial charge is 0.480 e. The van der Waals surface area contributed by atoms with Gasteiger partial charge in [-0.2, -0.15) is 0 Å². The minimum Gasteiger partial charge on any atom is -0.480 e. The van der Waals surface area contributed by atoms with E-state index in [0.717, 1.165) is 12.8 Å². The lowest BCUT2D eigenvalue weighted by Gasteiger charge is -2.32. The van der Waals surface area contributed by atoms with E-state index in [1.807, 2.05) is 13.8 Å². The molecule has 3 atom stereocenters. The minimum atomic E-state index is -0.973. The quantitative estimate of drug-likeness (QED) is 0.726. The van der Waals surface area contributed by atoms with Gasteiger partial charge in [-0.25, -0.2) is 9.59 Å². The summed E-state index contributed by atoms with van der Waals surface area (Å²) >= 11 is 0. The summed E-state index contributed by atoms with van der Waals surface area (Å²) < 4.78 is 0. The standard InChI is InChI=1S/C15H28N2O3/c1-9(2)5-13(14(18)19)17-15(20)16-12-7-10(3)6-11(4)8-12/h9-13H,5-8H2,1-4H3,(H,18,19)(H2,16,17,20). The van der Waals surface area contributed by atoms with Crippen molar-refractivity contribution in [1.82, 2.24) is 10.6 Å². The van der Waals surface area contributed by atoms with Gasteiger partial charge in [-0.1, -0.05) is 27.7 Å². The van der Waals surface area contributed by atoms with Crippen molar-refractivity contribution < 1.29 is 14.7 Å². The molecule has 0 spiro atoms. The number of amides is 2. The van der Waals surface area contributed by atoms with Gasteiger partial charge in [0, 0.05) is 6.04 Å². The highest BCUT2D eigenvalue weighted by Crippen LogP contribution is 2.28. The molecule has 1 fully saturated rings. The summed E-state index contributed by atoms with van der Waals surface area (Å²) in [7, 11) is 0. The van der Waals surface area contributed by atoms with E-state index in [2.05, 4.69) is 24.5 Å². The van der Waals surface area contributed by atoms with Gasteiger partial charge in [-0.15, -0.1) is 0 Å². The van der Waals surface area contributed by atoms with Crippen LogP contribution in [0.4, 0.5) is 4.79 Å². The SMILES string of the molecule is CC(C)CC(NC(=O)NC1CC(C)CC(C)C1)C(=O)O. The Morgan fingerprint density at radius 3 is 2.15 bits per heavy atom. The topological polar surface area (TPSA) is 78.4 Å². The van der Waals surface area contributed by atoms with Crippen molar-refractivity contribution in [3.05, 3.63) is 0 Å². The van der Waals surface area contributed by atoms with Gasteiger partial charge >= 0.3 is 12.0 Å². The average molecular weight is 284 g/mol. The van der Waals surface area contributed by atoms with Crippen LogP contribution in [0.1, 0.15) is 53.4 Å². The van der Waals surface area contributed by atoms with Gasteiger partial charge in [-0.3, -0.25) is 0 Å². The molecule has 116 valence electrons. The van der Waals surface area contributed by atoms with Gasteiger partial charge in [0.15, 0.2) is 0 Å². The second-order valence-corrected chi connectivity index (χ2v) is 6.75. The molecule has 20 heavy (non-hydrogen) atoms. The minimum absolute atomic E-state index is 0.155. The number of hydrogen-bond donors (Lipinski definition) is 3. The molecule has 0 aromatic rings. The highest BCUT2D eigenvalue weighted by atomic mass is 16.4. The highest BCUT2D eigenvalue weighted by Gasteiger charge is 2.27. The molecule has 1 rings (SSSR count). The molecule has 5 heteroatoms. The third kappa shape index (κ3) is 5.80. The molecule has 0 bridgehead atoms. The Morgan fingerprint density at radius 1 is 1.15 bits per heavy atom. The van der Waals surface area contributed by atoms with E-state index in [-0.39, 0.29) is 18.0 Å². The number of carbonyl (C=O) groups is 2. The summed E-state index contributed by atoms with van der Waals surface area (Å²) in [6.45, 7) is 8.28. The van der Waals surface area contributed by atoms with Crippen molar-refractivity contribution in [1.29, 1.82) is 0 Å². The first-order valence-corrected chi connectivity index (χ1v) is 7.57. The number of aliphatic carboxylic acids is 1. The van der Waals surface area contributed by atoms with Crippen LogP contribution in [0.2, 0.25) is 0 Å². The lowest BCUT2D eigenvalue weighted by molar-refractivity contribution is -0.139. The van der Waals surface area contributed by atoms with Gasteiger partial charge < -0.3 is 15.7 Å². The number of carbonyl (C=O) groups excluding carboxylic acids is 1. The third-order valence-electron chi connectivity index (χ3n) is 3.82. The zero-order valence-corrected chi connectivity index (χ0v) is 13.0. The molecule has 0 aromatic heterocycles. The van der Waals surface area contributed by atoms with Crippen molar-refractivity contribution in [3.63, 3.8) is 0 Å². The maximum Gasteiger partial charge on any atom is 0.326 e. The fraction of sp³-hybridized carbons (Fsp3) is 0.867. The molecular formula is C15H28N2O3. The van der Waals surface area contributed by atoms with Crippen molar-refractivity contribution in [2.75, 3.05) is 0 Å². The fourth-order valence-electron chi connectivity index (χ4n) is 3.14. The number of carboxylic acid groups (broad SMARTS) is 1. The van der Waals surface area contributed by atoms with Crippen LogP contribution in [0, 0.1) is 17.8 Å². The summed E-state index contributed by atoms with van der Waals surface area (Å²) in [4.78, 5) is 23.1. The Balaban J connectivity index is 2.46. The molecule has 2 amide bonds. The van der Waals surface area contributed by atoms with Crippen molar-refractivity contribution >= 4 is 12.0 Å². The van der Waals surface area contributed by atoms with Gasteiger partial charge in [-0.05, 0) is 43.4 Å². The molecular weight excluding hydrogens is 256 g/mol. The number of nitrogens with one attached hydrogen (secondary N) is 2. The van der Waals surface area contributed by atoms with Crippen molar-refractivity contribution in [2.24, 2.45) is 17.8 Å². The first kappa shape index (κ1) is 16.8. The van der Waals surface area contributed by atoms with Crippen LogP contribution in [0.3, 0.4) is 0 Å². The van der Waals surface area contributed by atoms with Crippen molar-refractivity contribution in [3.8, 4) is 0 Å². The molecule has 0 aromatic carbocycles. The summed E-state index contributed by atoms with van der Waals surface area (Å²) in [5.41, 5.74) is 0. The molecule has 0 aliphatic heterocycles. The Kier molecular flexibility index (Phi) is 6.30. The molecule has 0 heterocycles. The zero-order valence-electron chi connectivity index (χ0n) is 13.0. The van der Waals surface area contributed by atoms with E-state index in [1.54, 1.807) is 0 Å². The van der Waals surface area contributed by atoms with Crippen LogP contribution < -0.4 is 10.6 Å². The molecule has 1 aliphatic rings. The van der Waals surface area contributed by atoms with Gasteiger partial charge in [0.2, 0.25) is 0 Å². The van der Waals surface area contributed by atoms with E-state index in [9.17, 15) is 9.59 Å². The Labute approximate surface area is 121 Å². The summed E-state index contributed by atoms with van der Waals surface area (Å²) in [5, 5.41) is 14.6. The first-order chi connectivity index (χ1) is 9.27. The summed E-state index contributed by atoms with van der Waals surface area (Å²) in [6, 6.07) is -1.01. The Morgan fingerprint density at radius 2 is 1.70 bits per heavy atom. The van der Waals surface area contributed by atoms with Crippen LogP contribution in [-0.4, -0.2) is 29.2 Å². The number of rotatable bonds is 5. The summed E-state index contributed by atoms with van der Waals surface area (Å²) in [6.07, 6.45) is 3.59. The maximum atomic E-state index is 11.9. The Bertz CT molecular complexity index is 334. The first-order valence-electron chi connectivity index (χ1n) is 7.57. The lowest BCUT2D eigenvalue weighted by atomic mass is 9.80. The smallest absolute Gasteiger partial charge is 0.326 e. The van der Waals surface area contributed by atoms with E-state index >= 15 is 0 Å². The average Bonchev–Trinajstić information content (AvgIpc) is 2.25. The zero-order chi connectivity index (χ0) is 15.3. The number of urea groups is 1. The van der Waals surface area contributed by atoms with E-state index in [1.165, 1.54) is 6.42 Å². The van der Waals surface area contributed by atoms with Gasteiger partial charge in [0.25, 0.3) is 0 Å². The second-order valence-electron chi connectivity index (χ2n) is 6.75. The van der Waals surface area contributed by atoms with E-state index < -0.39 is 12.0 Å². The molecule has 3 N–H and O–H groups in total. The lowest BCUT2D eigenvalue weighted by Crippen LogP contribution is -2.50. The predicted molar refractivity (Wildman–Crippen MR) is 78.5 cm³/mol. The third-order valence-corrected chi connectivity index (χ3v) is 3.82. The van der Waals surface area contributed by atoms with E-state index in [4.69, 9.17) is 5.11 Å². The number of carboxylic acids is 1. The molecule has 0 saturated heterocycles. The molecule has 3 unspecified atom stereocenters. The van der Waals surface area contributed by atoms with Crippen LogP contribution in [0.5, 0.6) is 0 Å². The fourth-order valence-corrected chi connectivity index (χ4v) is 3.14. The van der Waals surface area contributed by atoms with Crippen LogP contribution >= 0.6 is 0 Å². The van der Waals surface area contributed by atoms with Crippen molar-refractivity contribution in [2.45, 2.75) is 65.5 Å². The van der Waals surface area contributed by atoms with Gasteiger partial charge in [0.05, 0.1) is 0 Å². The predicted octanol–water partition coefficient (Wildman–Crippen LogP) is 2.61. The molecule has 1 aliphatic carbocycles. The number of hydrogen-bond acceptors (Lipinski definition) is 2.